The van der Waals surface area contributed by atoms with Crippen molar-refractivity contribution in [3.8, 4) is 0 Å². The zero-order chi connectivity index (χ0) is 16.4. The number of benzene rings is 1. The molecule has 0 fully saturated rings. The Morgan fingerprint density at radius 3 is 2.05 bits per heavy atom. The number of carbonyl (C=O) groups is 1. The predicted octanol–water partition coefficient (Wildman–Crippen LogP) is 3.58. The van der Waals surface area contributed by atoms with E-state index in [1.165, 1.54) is 13.8 Å². The Balaban J connectivity index is 3.07. The van der Waals surface area contributed by atoms with Crippen LogP contribution in [-0.2, 0) is 4.79 Å². The van der Waals surface area contributed by atoms with Crippen LogP contribution in [0.1, 0.15) is 31.4 Å². The maximum Gasteiger partial charge on any atom is 0.426 e. The standard InChI is InChI=1S/C15H20F3NO2/c1-9(2)8-14(21,15(16,17)18)13(20)19-12-6-10(3)5-11(4)7-12/h5-7,9,21H,8H2,1-4H3,(H,19,20). The van der Waals surface area contributed by atoms with E-state index < -0.39 is 30.0 Å². The number of rotatable bonds is 4. The van der Waals surface area contributed by atoms with Gasteiger partial charge in [0.2, 0.25) is 5.60 Å². The Labute approximate surface area is 122 Å². The largest absolute Gasteiger partial charge is 0.426 e. The Bertz CT molecular complexity index is 506. The van der Waals surface area contributed by atoms with Gasteiger partial charge in [0.05, 0.1) is 0 Å². The van der Waals surface area contributed by atoms with Gasteiger partial charge in [-0.1, -0.05) is 19.9 Å². The SMILES string of the molecule is Cc1cc(C)cc(NC(=O)C(O)(CC(C)C)C(F)(F)F)c1. The summed E-state index contributed by atoms with van der Waals surface area (Å²) < 4.78 is 39.2. The number of halogens is 3. The normalized spacial score (nSPS) is 14.9. The van der Waals surface area contributed by atoms with Crippen LogP contribution >= 0.6 is 0 Å². The van der Waals surface area contributed by atoms with E-state index in [2.05, 4.69) is 5.32 Å². The zero-order valence-electron chi connectivity index (χ0n) is 12.5. The first kappa shape index (κ1) is 17.5. The number of hydrogen-bond acceptors (Lipinski definition) is 2. The summed E-state index contributed by atoms with van der Waals surface area (Å²) in [6.07, 6.45) is -5.71. The van der Waals surface area contributed by atoms with Crippen molar-refractivity contribution in [1.29, 1.82) is 0 Å². The van der Waals surface area contributed by atoms with Crippen molar-refractivity contribution in [3.05, 3.63) is 29.3 Å². The van der Waals surface area contributed by atoms with Gasteiger partial charge in [-0.3, -0.25) is 4.79 Å². The van der Waals surface area contributed by atoms with Gasteiger partial charge in [-0.05, 0) is 49.4 Å². The number of amides is 1. The van der Waals surface area contributed by atoms with Crippen molar-refractivity contribution in [2.45, 2.75) is 45.9 Å². The fraction of sp³-hybridized carbons (Fsp3) is 0.533. The Kier molecular flexibility index (Phi) is 5.04. The fourth-order valence-corrected chi connectivity index (χ4v) is 2.21. The number of anilines is 1. The summed E-state index contributed by atoms with van der Waals surface area (Å²) >= 11 is 0. The molecule has 2 N–H and O–H groups in total. The van der Waals surface area contributed by atoms with E-state index in [0.717, 1.165) is 11.1 Å². The summed E-state index contributed by atoms with van der Waals surface area (Å²) in [5.74, 6) is -1.93. The molecule has 1 amide bonds. The van der Waals surface area contributed by atoms with Crippen LogP contribution in [0.25, 0.3) is 0 Å². The summed E-state index contributed by atoms with van der Waals surface area (Å²) in [7, 11) is 0. The number of carbonyl (C=O) groups excluding carboxylic acids is 1. The molecule has 1 rings (SSSR count). The topological polar surface area (TPSA) is 49.3 Å². The highest BCUT2D eigenvalue weighted by molar-refractivity contribution is 5.98. The van der Waals surface area contributed by atoms with Crippen molar-refractivity contribution >= 4 is 11.6 Å². The molecule has 3 nitrogen and oxygen atoms in total. The first-order chi connectivity index (χ1) is 9.45. The van der Waals surface area contributed by atoms with Gasteiger partial charge in [0.15, 0.2) is 0 Å². The molecule has 0 saturated carbocycles. The van der Waals surface area contributed by atoms with Crippen molar-refractivity contribution in [2.75, 3.05) is 5.32 Å². The third-order valence-corrected chi connectivity index (χ3v) is 3.03. The molecule has 0 bridgehead atoms. The van der Waals surface area contributed by atoms with Crippen LogP contribution in [0.4, 0.5) is 18.9 Å². The quantitative estimate of drug-likeness (QED) is 0.893. The van der Waals surface area contributed by atoms with Crippen molar-refractivity contribution < 1.29 is 23.1 Å². The highest BCUT2D eigenvalue weighted by Crippen LogP contribution is 2.36. The van der Waals surface area contributed by atoms with E-state index in [1.54, 1.807) is 26.0 Å². The lowest BCUT2D eigenvalue weighted by Crippen LogP contribution is -2.55. The summed E-state index contributed by atoms with van der Waals surface area (Å²) in [5.41, 5.74) is -1.53. The maximum absolute atomic E-state index is 13.1. The molecule has 0 aromatic heterocycles. The monoisotopic (exact) mass is 303 g/mol. The first-order valence-corrected chi connectivity index (χ1v) is 6.64. The van der Waals surface area contributed by atoms with Gasteiger partial charge < -0.3 is 10.4 Å². The summed E-state index contributed by atoms with van der Waals surface area (Å²) in [6, 6.07) is 4.94. The lowest BCUT2D eigenvalue weighted by atomic mass is 9.90. The molecular formula is C15H20F3NO2. The van der Waals surface area contributed by atoms with Gasteiger partial charge in [0, 0.05) is 5.69 Å². The molecule has 118 valence electrons. The molecule has 0 radical (unpaired) electrons. The lowest BCUT2D eigenvalue weighted by molar-refractivity contribution is -0.253. The number of hydrogen-bond donors (Lipinski definition) is 2. The Hall–Kier alpha value is -1.56. The van der Waals surface area contributed by atoms with Crippen LogP contribution in [0, 0.1) is 19.8 Å². The second kappa shape index (κ2) is 6.05. The highest BCUT2D eigenvalue weighted by Gasteiger charge is 2.59. The molecule has 0 saturated heterocycles. The summed E-state index contributed by atoms with van der Waals surface area (Å²) in [4.78, 5) is 12.0. The fourth-order valence-electron chi connectivity index (χ4n) is 2.21. The second-order valence-electron chi connectivity index (χ2n) is 5.79. The third-order valence-electron chi connectivity index (χ3n) is 3.03. The molecule has 0 aliphatic carbocycles. The van der Waals surface area contributed by atoms with Crippen molar-refractivity contribution in [1.82, 2.24) is 0 Å². The molecule has 1 aromatic carbocycles. The molecule has 0 aliphatic rings. The maximum atomic E-state index is 13.1. The molecule has 1 atom stereocenters. The van der Waals surface area contributed by atoms with E-state index in [4.69, 9.17) is 0 Å². The zero-order valence-corrected chi connectivity index (χ0v) is 12.5. The molecule has 21 heavy (non-hydrogen) atoms. The third kappa shape index (κ3) is 4.20. The highest BCUT2D eigenvalue weighted by atomic mass is 19.4. The van der Waals surface area contributed by atoms with Crippen LogP contribution in [0.3, 0.4) is 0 Å². The van der Waals surface area contributed by atoms with Crippen molar-refractivity contribution in [2.24, 2.45) is 5.92 Å². The Morgan fingerprint density at radius 2 is 1.67 bits per heavy atom. The summed E-state index contributed by atoms with van der Waals surface area (Å²) in [6.45, 7) is 6.57. The van der Waals surface area contributed by atoms with Crippen LogP contribution < -0.4 is 5.32 Å². The van der Waals surface area contributed by atoms with Gasteiger partial charge in [-0.2, -0.15) is 13.2 Å². The Morgan fingerprint density at radius 1 is 1.19 bits per heavy atom. The molecule has 1 aromatic rings. The van der Waals surface area contributed by atoms with Crippen LogP contribution in [-0.4, -0.2) is 22.8 Å². The van der Waals surface area contributed by atoms with E-state index in [0.29, 0.717) is 0 Å². The molecule has 0 aliphatic heterocycles. The molecule has 0 spiro atoms. The summed E-state index contributed by atoms with van der Waals surface area (Å²) in [5, 5.41) is 12.0. The minimum Gasteiger partial charge on any atom is -0.373 e. The second-order valence-corrected chi connectivity index (χ2v) is 5.79. The average Bonchev–Trinajstić information content (AvgIpc) is 2.24. The van der Waals surface area contributed by atoms with E-state index in [-0.39, 0.29) is 5.69 Å². The van der Waals surface area contributed by atoms with E-state index in [9.17, 15) is 23.1 Å². The van der Waals surface area contributed by atoms with Gasteiger partial charge in [-0.15, -0.1) is 0 Å². The predicted molar refractivity (Wildman–Crippen MR) is 75.0 cm³/mol. The van der Waals surface area contributed by atoms with Crippen LogP contribution in [0.5, 0.6) is 0 Å². The number of alkyl halides is 3. The molecular weight excluding hydrogens is 283 g/mol. The minimum absolute atomic E-state index is 0.240. The van der Waals surface area contributed by atoms with Gasteiger partial charge >= 0.3 is 6.18 Å². The number of aryl methyl sites for hydroxylation is 2. The van der Waals surface area contributed by atoms with Gasteiger partial charge in [-0.25, -0.2) is 0 Å². The first-order valence-electron chi connectivity index (χ1n) is 6.64. The van der Waals surface area contributed by atoms with Crippen LogP contribution in [0.2, 0.25) is 0 Å². The minimum atomic E-state index is -5.03. The number of nitrogens with one attached hydrogen (secondary N) is 1. The molecule has 1 unspecified atom stereocenters. The molecule has 6 heteroatoms. The van der Waals surface area contributed by atoms with E-state index >= 15 is 0 Å². The van der Waals surface area contributed by atoms with E-state index in [1.807, 2.05) is 6.07 Å². The van der Waals surface area contributed by atoms with Gasteiger partial charge in [0.25, 0.3) is 5.91 Å². The molecule has 0 heterocycles. The van der Waals surface area contributed by atoms with Crippen LogP contribution in [0.15, 0.2) is 18.2 Å². The smallest absolute Gasteiger partial charge is 0.373 e. The van der Waals surface area contributed by atoms with Crippen molar-refractivity contribution in [3.63, 3.8) is 0 Å². The number of aliphatic hydroxyl groups is 1. The average molecular weight is 303 g/mol. The van der Waals surface area contributed by atoms with Gasteiger partial charge in [0.1, 0.15) is 0 Å². The lowest BCUT2D eigenvalue weighted by Gasteiger charge is -2.30.